The molecule has 1 atom stereocenters. The molecule has 0 bridgehead atoms. The third kappa shape index (κ3) is 3.79. The average molecular weight is 330 g/mol. The second kappa shape index (κ2) is 8.00. The van der Waals surface area contributed by atoms with Crippen LogP contribution in [0.2, 0.25) is 0 Å². The lowest BCUT2D eigenvalue weighted by Gasteiger charge is -2.07. The van der Waals surface area contributed by atoms with Gasteiger partial charge in [0.15, 0.2) is 5.16 Å². The molecule has 4 heteroatoms. The SMILES string of the molecule is CCCCCCCCCCC1Sc2nc3ccccc3n2C1=O. The molecule has 0 spiro atoms. The third-order valence-corrected chi connectivity index (χ3v) is 5.80. The summed E-state index contributed by atoms with van der Waals surface area (Å²) in [5, 5.41) is 0.947. The minimum atomic E-state index is 0.0715. The third-order valence-electron chi connectivity index (χ3n) is 4.59. The van der Waals surface area contributed by atoms with Gasteiger partial charge in [0.05, 0.1) is 16.3 Å². The number of carbonyl (C=O) groups is 1. The number of hydrogen-bond acceptors (Lipinski definition) is 3. The molecular weight excluding hydrogens is 304 g/mol. The average Bonchev–Trinajstić information content (AvgIpc) is 3.07. The van der Waals surface area contributed by atoms with Gasteiger partial charge >= 0.3 is 0 Å². The molecule has 124 valence electrons. The molecule has 0 aliphatic carbocycles. The first-order valence-corrected chi connectivity index (χ1v) is 9.87. The molecule has 0 saturated heterocycles. The summed E-state index contributed by atoms with van der Waals surface area (Å²) >= 11 is 1.65. The van der Waals surface area contributed by atoms with E-state index < -0.39 is 0 Å². The lowest BCUT2D eigenvalue weighted by Crippen LogP contribution is -2.17. The number of aromatic nitrogens is 2. The van der Waals surface area contributed by atoms with E-state index in [1.54, 1.807) is 11.8 Å². The number of fused-ring (bicyclic) bond motifs is 3. The zero-order valence-corrected chi connectivity index (χ0v) is 14.8. The highest BCUT2D eigenvalue weighted by Crippen LogP contribution is 2.37. The van der Waals surface area contributed by atoms with E-state index in [2.05, 4.69) is 11.9 Å². The van der Waals surface area contributed by atoms with Crippen LogP contribution in [0.1, 0.15) is 69.5 Å². The van der Waals surface area contributed by atoms with Gasteiger partial charge in [-0.3, -0.25) is 9.36 Å². The highest BCUT2D eigenvalue weighted by Gasteiger charge is 2.33. The number of benzene rings is 1. The Morgan fingerprint density at radius 2 is 1.74 bits per heavy atom. The van der Waals surface area contributed by atoms with Crippen LogP contribution in [-0.2, 0) is 0 Å². The molecule has 0 amide bonds. The smallest absolute Gasteiger partial charge is 0.246 e. The molecule has 2 heterocycles. The Labute approximate surface area is 142 Å². The van der Waals surface area contributed by atoms with Crippen molar-refractivity contribution in [3.8, 4) is 0 Å². The Hall–Kier alpha value is -1.29. The molecule has 1 aromatic heterocycles. The number of unbranched alkanes of at least 4 members (excludes halogenated alkanes) is 7. The highest BCUT2D eigenvalue weighted by atomic mass is 32.2. The Morgan fingerprint density at radius 3 is 2.52 bits per heavy atom. The van der Waals surface area contributed by atoms with Gasteiger partial charge < -0.3 is 0 Å². The minimum Gasteiger partial charge on any atom is -0.273 e. The monoisotopic (exact) mass is 330 g/mol. The van der Waals surface area contributed by atoms with E-state index in [0.29, 0.717) is 0 Å². The number of carbonyl (C=O) groups excluding carboxylic acids is 1. The van der Waals surface area contributed by atoms with Crippen molar-refractivity contribution in [1.29, 1.82) is 0 Å². The summed E-state index contributed by atoms with van der Waals surface area (Å²) < 4.78 is 1.81. The number of hydrogen-bond donors (Lipinski definition) is 0. The van der Waals surface area contributed by atoms with Gasteiger partial charge in [0.25, 0.3) is 0 Å². The molecule has 1 aliphatic rings. The Morgan fingerprint density at radius 1 is 1.04 bits per heavy atom. The molecule has 0 fully saturated rings. The van der Waals surface area contributed by atoms with Crippen LogP contribution in [0.25, 0.3) is 11.0 Å². The van der Waals surface area contributed by atoms with Gasteiger partial charge in [-0.25, -0.2) is 4.98 Å². The number of para-hydroxylation sites is 2. The first kappa shape index (κ1) is 16.6. The van der Waals surface area contributed by atoms with Gasteiger partial charge in [-0.1, -0.05) is 82.2 Å². The number of nitrogens with zero attached hydrogens (tertiary/aromatic N) is 2. The van der Waals surface area contributed by atoms with Crippen molar-refractivity contribution >= 4 is 28.7 Å². The van der Waals surface area contributed by atoms with E-state index >= 15 is 0 Å². The summed E-state index contributed by atoms with van der Waals surface area (Å²) in [7, 11) is 0. The van der Waals surface area contributed by atoms with Crippen LogP contribution in [0.3, 0.4) is 0 Å². The van der Waals surface area contributed by atoms with Crippen LogP contribution in [0.4, 0.5) is 0 Å². The fourth-order valence-electron chi connectivity index (χ4n) is 3.26. The van der Waals surface area contributed by atoms with Gasteiger partial charge in [-0.05, 0) is 18.6 Å². The topological polar surface area (TPSA) is 34.9 Å². The number of rotatable bonds is 9. The second-order valence-corrected chi connectivity index (χ2v) is 7.60. The Bertz CT molecular complexity index is 664. The van der Waals surface area contributed by atoms with E-state index in [1.807, 2.05) is 28.8 Å². The van der Waals surface area contributed by atoms with E-state index in [-0.39, 0.29) is 11.2 Å². The summed E-state index contributed by atoms with van der Waals surface area (Å²) in [6.07, 6.45) is 11.5. The van der Waals surface area contributed by atoms with Gasteiger partial charge in [0, 0.05) is 0 Å². The van der Waals surface area contributed by atoms with E-state index in [9.17, 15) is 4.79 Å². The number of thioether (sulfide) groups is 1. The van der Waals surface area contributed by atoms with Crippen LogP contribution >= 0.6 is 11.8 Å². The predicted octanol–water partition coefficient (Wildman–Crippen LogP) is 5.68. The molecule has 23 heavy (non-hydrogen) atoms. The maximum atomic E-state index is 12.6. The van der Waals surface area contributed by atoms with Gasteiger partial charge in [0.2, 0.25) is 5.91 Å². The van der Waals surface area contributed by atoms with Crippen molar-refractivity contribution in [2.45, 2.75) is 75.1 Å². The van der Waals surface area contributed by atoms with E-state index in [0.717, 1.165) is 29.0 Å². The zero-order chi connectivity index (χ0) is 16.1. The van der Waals surface area contributed by atoms with Crippen molar-refractivity contribution < 1.29 is 4.79 Å². The number of imidazole rings is 1. The minimum absolute atomic E-state index is 0.0715. The highest BCUT2D eigenvalue weighted by molar-refractivity contribution is 8.00. The summed E-state index contributed by atoms with van der Waals surface area (Å²) in [6, 6.07) is 7.91. The zero-order valence-electron chi connectivity index (χ0n) is 14.0. The van der Waals surface area contributed by atoms with Crippen molar-refractivity contribution in [3.63, 3.8) is 0 Å². The maximum Gasteiger partial charge on any atom is 0.246 e. The second-order valence-electron chi connectivity index (χ2n) is 6.43. The largest absolute Gasteiger partial charge is 0.273 e. The maximum absolute atomic E-state index is 12.6. The molecule has 0 N–H and O–H groups in total. The molecule has 0 radical (unpaired) electrons. The Balaban J connectivity index is 1.43. The first-order chi connectivity index (χ1) is 11.3. The quantitative estimate of drug-likeness (QED) is 0.555. The van der Waals surface area contributed by atoms with Crippen LogP contribution in [0.15, 0.2) is 29.4 Å². The van der Waals surface area contributed by atoms with Crippen LogP contribution in [-0.4, -0.2) is 20.7 Å². The lowest BCUT2D eigenvalue weighted by atomic mass is 10.1. The first-order valence-electron chi connectivity index (χ1n) is 8.99. The fourth-order valence-corrected chi connectivity index (χ4v) is 4.45. The summed E-state index contributed by atoms with van der Waals surface area (Å²) in [4.78, 5) is 17.2. The molecule has 1 unspecified atom stereocenters. The lowest BCUT2D eigenvalue weighted by molar-refractivity contribution is 0.0911. The van der Waals surface area contributed by atoms with Gasteiger partial charge in [-0.2, -0.15) is 0 Å². The van der Waals surface area contributed by atoms with Crippen LogP contribution in [0, 0.1) is 0 Å². The van der Waals surface area contributed by atoms with E-state index in [1.165, 1.54) is 44.9 Å². The molecule has 0 saturated carbocycles. The van der Waals surface area contributed by atoms with Crippen LogP contribution in [0.5, 0.6) is 0 Å². The van der Waals surface area contributed by atoms with Crippen LogP contribution < -0.4 is 0 Å². The molecule has 1 aliphatic heterocycles. The predicted molar refractivity (Wildman–Crippen MR) is 97.2 cm³/mol. The van der Waals surface area contributed by atoms with E-state index in [4.69, 9.17) is 0 Å². The van der Waals surface area contributed by atoms with Crippen molar-refractivity contribution in [2.24, 2.45) is 0 Å². The normalized spacial score (nSPS) is 17.1. The van der Waals surface area contributed by atoms with Crippen molar-refractivity contribution in [3.05, 3.63) is 24.3 Å². The molecule has 2 aromatic rings. The Kier molecular flexibility index (Phi) is 5.76. The fraction of sp³-hybridized carbons (Fsp3) is 0.579. The van der Waals surface area contributed by atoms with Gasteiger partial charge in [0.1, 0.15) is 0 Å². The summed E-state index contributed by atoms with van der Waals surface area (Å²) in [5.41, 5.74) is 1.88. The molecule has 3 rings (SSSR count). The van der Waals surface area contributed by atoms with Gasteiger partial charge in [-0.15, -0.1) is 0 Å². The summed E-state index contributed by atoms with van der Waals surface area (Å²) in [6.45, 7) is 2.25. The summed E-state index contributed by atoms with van der Waals surface area (Å²) in [5.74, 6) is 0.224. The van der Waals surface area contributed by atoms with Crippen molar-refractivity contribution in [2.75, 3.05) is 0 Å². The standard InChI is InChI=1S/C19H26N2OS/c1-2-3-4-5-6-7-8-9-14-17-18(22)21-16-13-11-10-12-15(16)20-19(21)23-17/h10-13,17H,2-9,14H2,1H3. The molecular formula is C19H26N2OS. The van der Waals surface area contributed by atoms with Crippen molar-refractivity contribution in [1.82, 2.24) is 9.55 Å². The molecule has 3 nitrogen and oxygen atoms in total. The molecule has 1 aromatic carbocycles.